The van der Waals surface area contributed by atoms with Gasteiger partial charge in [-0.05, 0) is 12.8 Å². The lowest BCUT2D eigenvalue weighted by Crippen LogP contribution is -2.39. The summed E-state index contributed by atoms with van der Waals surface area (Å²) in [5.74, 6) is -0.816. The van der Waals surface area contributed by atoms with E-state index in [-0.39, 0.29) is 0 Å². The van der Waals surface area contributed by atoms with E-state index >= 15 is 0 Å². The monoisotopic (exact) mass is 203 g/mol. The molecule has 1 unspecified atom stereocenters. The fourth-order valence-corrected chi connectivity index (χ4v) is 1.10. The summed E-state index contributed by atoms with van der Waals surface area (Å²) in [5, 5.41) is 11.7. The van der Waals surface area contributed by atoms with E-state index in [1.807, 2.05) is 13.8 Å². The molecule has 0 aromatic rings. The minimum atomic E-state index is -0.816. The highest BCUT2D eigenvalue weighted by molar-refractivity contribution is 7.80. The zero-order valence-electron chi connectivity index (χ0n) is 8.17. The highest BCUT2D eigenvalue weighted by Crippen LogP contribution is 2.01. The van der Waals surface area contributed by atoms with Crippen LogP contribution >= 0.6 is 12.2 Å². The van der Waals surface area contributed by atoms with E-state index < -0.39 is 12.0 Å². The molecule has 3 nitrogen and oxygen atoms in total. The molecule has 2 N–H and O–H groups in total. The molecule has 0 aromatic heterocycles. The van der Waals surface area contributed by atoms with Gasteiger partial charge in [0.05, 0.1) is 4.99 Å². The Kier molecular flexibility index (Phi) is 6.49. The Morgan fingerprint density at radius 3 is 2.54 bits per heavy atom. The first-order valence-electron chi connectivity index (χ1n) is 4.64. The molecule has 0 spiro atoms. The molecule has 0 amide bonds. The molecular formula is C9H17NO2S. The van der Waals surface area contributed by atoms with Crippen molar-refractivity contribution in [2.45, 2.75) is 45.6 Å². The molecule has 0 heterocycles. The van der Waals surface area contributed by atoms with Crippen molar-refractivity contribution in [2.75, 3.05) is 0 Å². The van der Waals surface area contributed by atoms with Crippen molar-refractivity contribution in [3.63, 3.8) is 0 Å². The van der Waals surface area contributed by atoms with Crippen LogP contribution in [0.4, 0.5) is 0 Å². The van der Waals surface area contributed by atoms with E-state index in [0.29, 0.717) is 17.8 Å². The van der Waals surface area contributed by atoms with E-state index in [4.69, 9.17) is 17.3 Å². The van der Waals surface area contributed by atoms with Crippen molar-refractivity contribution in [1.29, 1.82) is 0 Å². The van der Waals surface area contributed by atoms with Crippen LogP contribution in [0.15, 0.2) is 0 Å². The van der Waals surface area contributed by atoms with E-state index in [1.165, 1.54) is 0 Å². The van der Waals surface area contributed by atoms with Crippen LogP contribution in [0.1, 0.15) is 39.5 Å². The zero-order chi connectivity index (χ0) is 10.3. The second kappa shape index (κ2) is 6.83. The molecule has 1 atom stereocenters. The van der Waals surface area contributed by atoms with Crippen molar-refractivity contribution < 1.29 is 9.90 Å². The summed E-state index contributed by atoms with van der Waals surface area (Å²) in [6.45, 7) is 3.95. The summed E-state index contributed by atoms with van der Waals surface area (Å²) in [5.41, 5.74) is 0. The molecule has 0 aromatic carbocycles. The molecule has 4 heteroatoms. The third-order valence-corrected chi connectivity index (χ3v) is 2.21. The Bertz CT molecular complexity index is 182. The molecule has 0 aliphatic carbocycles. The van der Waals surface area contributed by atoms with Crippen LogP contribution in [0.25, 0.3) is 0 Å². The largest absolute Gasteiger partial charge is 0.480 e. The third-order valence-electron chi connectivity index (χ3n) is 1.80. The smallest absolute Gasteiger partial charge is 0.326 e. The van der Waals surface area contributed by atoms with Gasteiger partial charge in [0, 0.05) is 0 Å². The average molecular weight is 203 g/mol. The molecule has 0 rings (SSSR count). The second-order valence-electron chi connectivity index (χ2n) is 2.95. The van der Waals surface area contributed by atoms with Gasteiger partial charge in [-0.2, -0.15) is 0 Å². The molecular weight excluding hydrogens is 186 g/mol. The number of carbonyl (C=O) groups is 1. The first-order valence-corrected chi connectivity index (χ1v) is 5.04. The number of carboxylic acids is 1. The predicted molar refractivity (Wildman–Crippen MR) is 57.0 cm³/mol. The summed E-state index contributed by atoms with van der Waals surface area (Å²) < 4.78 is 0. The molecule has 0 radical (unpaired) electrons. The summed E-state index contributed by atoms with van der Waals surface area (Å²) >= 11 is 4.93. The number of carboxylic acid groups (broad SMARTS) is 1. The van der Waals surface area contributed by atoms with Crippen molar-refractivity contribution in [3.05, 3.63) is 0 Å². The molecule has 0 saturated heterocycles. The Morgan fingerprint density at radius 1 is 1.54 bits per heavy atom. The molecule has 76 valence electrons. The maximum Gasteiger partial charge on any atom is 0.326 e. The third kappa shape index (κ3) is 5.58. The van der Waals surface area contributed by atoms with Gasteiger partial charge >= 0.3 is 5.97 Å². The minimum Gasteiger partial charge on any atom is -0.480 e. The lowest BCUT2D eigenvalue weighted by atomic mass is 10.1. The SMILES string of the molecule is CCCCC(NC(=S)CC)C(=O)O. The Hall–Kier alpha value is -0.640. The van der Waals surface area contributed by atoms with Gasteiger partial charge in [-0.25, -0.2) is 4.79 Å². The van der Waals surface area contributed by atoms with Gasteiger partial charge in [0.1, 0.15) is 6.04 Å². The highest BCUT2D eigenvalue weighted by Gasteiger charge is 2.16. The van der Waals surface area contributed by atoms with Crippen LogP contribution in [-0.4, -0.2) is 22.1 Å². The number of nitrogens with one attached hydrogen (secondary N) is 1. The van der Waals surface area contributed by atoms with Crippen molar-refractivity contribution >= 4 is 23.2 Å². The summed E-state index contributed by atoms with van der Waals surface area (Å²) in [6.07, 6.45) is 3.26. The van der Waals surface area contributed by atoms with Crippen LogP contribution < -0.4 is 5.32 Å². The van der Waals surface area contributed by atoms with Gasteiger partial charge in [0.15, 0.2) is 0 Å². The fourth-order valence-electron chi connectivity index (χ4n) is 0.962. The van der Waals surface area contributed by atoms with E-state index in [9.17, 15) is 4.79 Å². The van der Waals surface area contributed by atoms with Gasteiger partial charge < -0.3 is 10.4 Å². The van der Waals surface area contributed by atoms with Crippen molar-refractivity contribution in [3.8, 4) is 0 Å². The summed E-state index contributed by atoms with van der Waals surface area (Å²) in [7, 11) is 0. The fraction of sp³-hybridized carbons (Fsp3) is 0.778. The summed E-state index contributed by atoms with van der Waals surface area (Å²) in [4.78, 5) is 11.4. The molecule has 0 saturated carbocycles. The standard InChI is InChI=1S/C9H17NO2S/c1-3-5-6-7(9(11)12)10-8(13)4-2/h7H,3-6H2,1-2H3,(H,10,13)(H,11,12). The quantitative estimate of drug-likeness (QED) is 0.648. The van der Waals surface area contributed by atoms with Crippen LogP contribution in [0.3, 0.4) is 0 Å². The first kappa shape index (κ1) is 12.4. The molecule has 0 bridgehead atoms. The molecule has 0 aliphatic heterocycles. The van der Waals surface area contributed by atoms with E-state index in [2.05, 4.69) is 5.32 Å². The van der Waals surface area contributed by atoms with Crippen LogP contribution in [0.2, 0.25) is 0 Å². The normalized spacial score (nSPS) is 12.2. The van der Waals surface area contributed by atoms with Gasteiger partial charge in [-0.1, -0.05) is 38.9 Å². The van der Waals surface area contributed by atoms with Crippen molar-refractivity contribution in [1.82, 2.24) is 5.32 Å². The number of aliphatic carboxylic acids is 1. The number of thiocarbonyl (C=S) groups is 1. The van der Waals surface area contributed by atoms with Gasteiger partial charge in [0.25, 0.3) is 0 Å². The number of unbranched alkanes of at least 4 members (excludes halogenated alkanes) is 1. The maximum absolute atomic E-state index is 10.7. The van der Waals surface area contributed by atoms with Crippen LogP contribution in [0.5, 0.6) is 0 Å². The zero-order valence-corrected chi connectivity index (χ0v) is 8.99. The highest BCUT2D eigenvalue weighted by atomic mass is 32.1. The topological polar surface area (TPSA) is 49.3 Å². The molecule has 0 aliphatic rings. The lowest BCUT2D eigenvalue weighted by molar-refractivity contribution is -0.139. The predicted octanol–water partition coefficient (Wildman–Crippen LogP) is 1.96. The maximum atomic E-state index is 10.7. The lowest BCUT2D eigenvalue weighted by Gasteiger charge is -2.14. The van der Waals surface area contributed by atoms with Gasteiger partial charge in [-0.3, -0.25) is 0 Å². The molecule has 13 heavy (non-hydrogen) atoms. The van der Waals surface area contributed by atoms with E-state index in [0.717, 1.165) is 12.8 Å². The van der Waals surface area contributed by atoms with Crippen LogP contribution in [-0.2, 0) is 4.79 Å². The Labute approximate surface area is 84.5 Å². The van der Waals surface area contributed by atoms with Gasteiger partial charge in [0.2, 0.25) is 0 Å². The number of hydrogen-bond acceptors (Lipinski definition) is 2. The average Bonchev–Trinajstić information content (AvgIpc) is 2.11. The van der Waals surface area contributed by atoms with Crippen LogP contribution in [0, 0.1) is 0 Å². The first-order chi connectivity index (χ1) is 6.11. The van der Waals surface area contributed by atoms with Crippen molar-refractivity contribution in [2.24, 2.45) is 0 Å². The second-order valence-corrected chi connectivity index (χ2v) is 3.45. The minimum absolute atomic E-state index is 0.507. The van der Waals surface area contributed by atoms with E-state index in [1.54, 1.807) is 0 Å². The Morgan fingerprint density at radius 2 is 2.15 bits per heavy atom. The molecule has 0 fully saturated rings. The Balaban J connectivity index is 3.94. The number of hydrogen-bond donors (Lipinski definition) is 2. The summed E-state index contributed by atoms with van der Waals surface area (Å²) in [6, 6.07) is -0.507. The number of rotatable bonds is 6. The van der Waals surface area contributed by atoms with Gasteiger partial charge in [-0.15, -0.1) is 0 Å².